The van der Waals surface area contributed by atoms with E-state index in [-0.39, 0.29) is 0 Å². The summed E-state index contributed by atoms with van der Waals surface area (Å²) in [5, 5.41) is 0. The predicted molar refractivity (Wildman–Crippen MR) is 71.1 cm³/mol. The molecule has 0 saturated heterocycles. The van der Waals surface area contributed by atoms with Crippen LogP contribution in [0.4, 0.5) is 5.69 Å². The molecule has 0 radical (unpaired) electrons. The summed E-state index contributed by atoms with van der Waals surface area (Å²) in [5.74, 6) is 0.563. The maximum Gasteiger partial charge on any atom is 0.229 e. The van der Waals surface area contributed by atoms with Gasteiger partial charge in [0.2, 0.25) is 5.89 Å². The van der Waals surface area contributed by atoms with Crippen molar-refractivity contribution in [3.8, 4) is 11.5 Å². The number of aromatic nitrogens is 2. The molecule has 3 rings (SSSR count). The minimum atomic E-state index is 0.563. The van der Waals surface area contributed by atoms with Crippen LogP contribution in [0.1, 0.15) is 11.3 Å². The molecule has 2 aromatic heterocycles. The molecule has 0 atom stereocenters. The van der Waals surface area contributed by atoms with Crippen molar-refractivity contribution in [2.24, 2.45) is 0 Å². The first-order valence-corrected chi connectivity index (χ1v) is 5.74. The largest absolute Gasteiger partial charge is 0.434 e. The van der Waals surface area contributed by atoms with Crippen molar-refractivity contribution in [1.29, 1.82) is 0 Å². The van der Waals surface area contributed by atoms with Crippen molar-refractivity contribution >= 4 is 16.9 Å². The first kappa shape index (κ1) is 10.8. The Hall–Kier alpha value is -2.36. The topological polar surface area (TPSA) is 64.9 Å². The highest BCUT2D eigenvalue weighted by Gasteiger charge is 2.11. The highest BCUT2D eigenvalue weighted by molar-refractivity contribution is 5.74. The first-order chi connectivity index (χ1) is 8.63. The number of pyridine rings is 1. The van der Waals surface area contributed by atoms with E-state index in [4.69, 9.17) is 10.2 Å². The highest BCUT2D eigenvalue weighted by Crippen LogP contribution is 2.27. The number of anilines is 1. The van der Waals surface area contributed by atoms with Crippen LogP contribution in [-0.4, -0.2) is 9.97 Å². The molecule has 0 bridgehead atoms. The van der Waals surface area contributed by atoms with Gasteiger partial charge in [0.25, 0.3) is 0 Å². The first-order valence-electron chi connectivity index (χ1n) is 5.74. The van der Waals surface area contributed by atoms with Gasteiger partial charge in [-0.05, 0) is 43.7 Å². The van der Waals surface area contributed by atoms with Gasteiger partial charge in [0.1, 0.15) is 0 Å². The van der Waals surface area contributed by atoms with E-state index in [0.717, 1.165) is 16.8 Å². The van der Waals surface area contributed by atoms with Gasteiger partial charge < -0.3 is 10.2 Å². The minimum absolute atomic E-state index is 0.563. The summed E-state index contributed by atoms with van der Waals surface area (Å²) >= 11 is 0. The standard InChI is InChI=1S/C14H13N3O/c1-8-3-5-10(15)7-11(8)14-17-13-12(18-14)6-4-9(2)16-13/h3-7H,15H2,1-2H3. The number of rotatable bonds is 1. The number of oxazole rings is 1. The molecule has 4 nitrogen and oxygen atoms in total. The molecule has 0 saturated carbocycles. The van der Waals surface area contributed by atoms with Gasteiger partial charge in [0, 0.05) is 16.9 Å². The Kier molecular flexibility index (Phi) is 2.30. The van der Waals surface area contributed by atoms with Crippen LogP contribution < -0.4 is 5.73 Å². The van der Waals surface area contributed by atoms with Gasteiger partial charge in [-0.25, -0.2) is 4.98 Å². The van der Waals surface area contributed by atoms with Gasteiger partial charge in [-0.2, -0.15) is 4.98 Å². The van der Waals surface area contributed by atoms with Crippen LogP contribution in [0.25, 0.3) is 22.7 Å². The van der Waals surface area contributed by atoms with E-state index in [1.54, 1.807) is 0 Å². The maximum atomic E-state index is 5.80. The van der Waals surface area contributed by atoms with Crippen LogP contribution in [0.15, 0.2) is 34.7 Å². The van der Waals surface area contributed by atoms with Crippen molar-refractivity contribution in [1.82, 2.24) is 9.97 Å². The molecule has 0 fully saturated rings. The van der Waals surface area contributed by atoms with Crippen LogP contribution in [0, 0.1) is 13.8 Å². The van der Waals surface area contributed by atoms with Gasteiger partial charge in [0.05, 0.1) is 0 Å². The number of benzene rings is 1. The number of nitrogens with zero attached hydrogens (tertiary/aromatic N) is 2. The van der Waals surface area contributed by atoms with E-state index >= 15 is 0 Å². The molecule has 1 aromatic carbocycles. The van der Waals surface area contributed by atoms with Gasteiger partial charge >= 0.3 is 0 Å². The second-order valence-corrected chi connectivity index (χ2v) is 4.37. The van der Waals surface area contributed by atoms with Crippen LogP contribution in [0.2, 0.25) is 0 Å². The van der Waals surface area contributed by atoms with Gasteiger partial charge in [-0.1, -0.05) is 6.07 Å². The number of aryl methyl sites for hydroxylation is 2. The van der Waals surface area contributed by atoms with E-state index < -0.39 is 0 Å². The fraction of sp³-hybridized carbons (Fsp3) is 0.143. The lowest BCUT2D eigenvalue weighted by molar-refractivity contribution is 0.619. The Morgan fingerprint density at radius 2 is 1.89 bits per heavy atom. The van der Waals surface area contributed by atoms with Crippen molar-refractivity contribution < 1.29 is 4.42 Å². The lowest BCUT2D eigenvalue weighted by Crippen LogP contribution is -1.89. The third kappa shape index (κ3) is 1.72. The Balaban J connectivity index is 2.22. The number of hydrogen-bond acceptors (Lipinski definition) is 4. The summed E-state index contributed by atoms with van der Waals surface area (Å²) < 4.78 is 5.72. The molecule has 0 unspecified atom stereocenters. The molecule has 90 valence electrons. The lowest BCUT2D eigenvalue weighted by atomic mass is 10.1. The molecule has 0 spiro atoms. The maximum absolute atomic E-state index is 5.80. The van der Waals surface area contributed by atoms with E-state index in [0.29, 0.717) is 22.8 Å². The number of fused-ring (bicyclic) bond motifs is 1. The third-order valence-electron chi connectivity index (χ3n) is 2.88. The zero-order valence-electron chi connectivity index (χ0n) is 10.3. The second kappa shape index (κ2) is 3.84. The molecule has 0 amide bonds. The molecule has 0 aliphatic carbocycles. The van der Waals surface area contributed by atoms with Gasteiger partial charge in [-0.3, -0.25) is 0 Å². The van der Waals surface area contributed by atoms with Crippen molar-refractivity contribution in [3.05, 3.63) is 41.6 Å². The fourth-order valence-electron chi connectivity index (χ4n) is 1.90. The molecule has 2 heterocycles. The zero-order valence-corrected chi connectivity index (χ0v) is 10.3. The Morgan fingerprint density at radius 3 is 2.72 bits per heavy atom. The summed E-state index contributed by atoms with van der Waals surface area (Å²) in [6, 6.07) is 9.48. The molecular formula is C14H13N3O. The van der Waals surface area contributed by atoms with Crippen LogP contribution >= 0.6 is 0 Å². The molecular weight excluding hydrogens is 226 g/mol. The molecule has 3 aromatic rings. The monoisotopic (exact) mass is 239 g/mol. The van der Waals surface area contributed by atoms with Crippen molar-refractivity contribution in [3.63, 3.8) is 0 Å². The Bertz CT molecular complexity index is 731. The van der Waals surface area contributed by atoms with E-state index in [1.165, 1.54) is 0 Å². The van der Waals surface area contributed by atoms with Crippen LogP contribution in [0.5, 0.6) is 0 Å². The van der Waals surface area contributed by atoms with E-state index in [1.807, 2.05) is 44.2 Å². The molecule has 2 N–H and O–H groups in total. The van der Waals surface area contributed by atoms with Crippen molar-refractivity contribution in [2.75, 3.05) is 5.73 Å². The van der Waals surface area contributed by atoms with Crippen molar-refractivity contribution in [2.45, 2.75) is 13.8 Å². The number of nitrogen functional groups attached to an aromatic ring is 1. The molecule has 18 heavy (non-hydrogen) atoms. The van der Waals surface area contributed by atoms with Crippen LogP contribution in [0.3, 0.4) is 0 Å². The average molecular weight is 239 g/mol. The minimum Gasteiger partial charge on any atom is -0.434 e. The lowest BCUT2D eigenvalue weighted by Gasteiger charge is -2.01. The summed E-state index contributed by atoms with van der Waals surface area (Å²) in [6.45, 7) is 3.93. The number of hydrogen-bond donors (Lipinski definition) is 1. The summed E-state index contributed by atoms with van der Waals surface area (Å²) in [4.78, 5) is 8.75. The Morgan fingerprint density at radius 1 is 1.06 bits per heavy atom. The summed E-state index contributed by atoms with van der Waals surface area (Å²) in [7, 11) is 0. The van der Waals surface area contributed by atoms with E-state index in [9.17, 15) is 0 Å². The summed E-state index contributed by atoms with van der Waals surface area (Å²) in [6.07, 6.45) is 0. The van der Waals surface area contributed by atoms with Crippen LogP contribution in [-0.2, 0) is 0 Å². The smallest absolute Gasteiger partial charge is 0.229 e. The molecule has 0 aliphatic heterocycles. The Labute approximate surface area is 104 Å². The highest BCUT2D eigenvalue weighted by atomic mass is 16.3. The summed E-state index contributed by atoms with van der Waals surface area (Å²) in [5.41, 5.74) is 10.7. The average Bonchev–Trinajstić information content (AvgIpc) is 2.74. The normalized spacial score (nSPS) is 11.0. The zero-order chi connectivity index (χ0) is 12.7. The fourth-order valence-corrected chi connectivity index (χ4v) is 1.90. The van der Waals surface area contributed by atoms with Gasteiger partial charge in [-0.15, -0.1) is 0 Å². The number of nitrogens with two attached hydrogens (primary N) is 1. The molecule has 4 heteroatoms. The molecule has 0 aliphatic rings. The SMILES string of the molecule is Cc1ccc2oc(-c3cc(N)ccc3C)nc2n1. The van der Waals surface area contributed by atoms with Gasteiger partial charge in [0.15, 0.2) is 11.2 Å². The second-order valence-electron chi connectivity index (χ2n) is 4.37. The quantitative estimate of drug-likeness (QED) is 0.663. The van der Waals surface area contributed by atoms with E-state index in [2.05, 4.69) is 9.97 Å². The third-order valence-corrected chi connectivity index (χ3v) is 2.88. The predicted octanol–water partition coefficient (Wildman–Crippen LogP) is 3.09.